The highest BCUT2D eigenvalue weighted by molar-refractivity contribution is 7.92. The highest BCUT2D eigenvalue weighted by Crippen LogP contribution is 2.30. The summed E-state index contributed by atoms with van der Waals surface area (Å²) in [5, 5.41) is 3.51. The molecule has 0 fully saturated rings. The lowest BCUT2D eigenvalue weighted by molar-refractivity contribution is -0.120. The highest BCUT2D eigenvalue weighted by Gasteiger charge is 2.25. The predicted octanol–water partition coefficient (Wildman–Crippen LogP) is 3.95. The van der Waals surface area contributed by atoms with Gasteiger partial charge in [0.2, 0.25) is 15.9 Å². The maximum absolute atomic E-state index is 12.6. The Bertz CT molecular complexity index is 963. The number of anilines is 1. The second-order valence-electron chi connectivity index (χ2n) is 6.58. The molecule has 0 radical (unpaired) electrons. The Balaban J connectivity index is 1.79. The molecule has 2 aromatic carbocycles. The zero-order valence-corrected chi connectivity index (χ0v) is 17.1. The average molecular weight is 427 g/mol. The number of halogens is 2. The summed E-state index contributed by atoms with van der Waals surface area (Å²) in [5.41, 5.74) is 2.61. The molecule has 0 spiro atoms. The van der Waals surface area contributed by atoms with Crippen LogP contribution in [0.4, 0.5) is 5.69 Å². The van der Waals surface area contributed by atoms with E-state index in [4.69, 9.17) is 23.2 Å². The molecule has 1 aliphatic carbocycles. The fourth-order valence-corrected chi connectivity index (χ4v) is 4.46. The van der Waals surface area contributed by atoms with Gasteiger partial charge in [0.05, 0.1) is 28.0 Å². The molecule has 1 amide bonds. The standard InChI is InChI=1S/C19H20Cl2N2O3S/c1-27(25,26)23(14-9-10-16(20)17(21)11-14)12-19(24)22-18-8-4-6-13-5-2-3-7-15(13)18/h2-3,5,7,9-11,18H,4,6,8,12H2,1H3,(H,22,24)/t18-/m1/s1. The van der Waals surface area contributed by atoms with E-state index in [0.717, 1.165) is 35.4 Å². The monoisotopic (exact) mass is 426 g/mol. The van der Waals surface area contributed by atoms with E-state index in [0.29, 0.717) is 10.7 Å². The third-order valence-electron chi connectivity index (χ3n) is 4.58. The topological polar surface area (TPSA) is 66.5 Å². The molecule has 144 valence electrons. The minimum atomic E-state index is -3.67. The van der Waals surface area contributed by atoms with Gasteiger partial charge in [-0.15, -0.1) is 0 Å². The lowest BCUT2D eigenvalue weighted by Crippen LogP contribution is -2.42. The molecule has 27 heavy (non-hydrogen) atoms. The second kappa shape index (κ2) is 8.09. The number of carbonyl (C=O) groups excluding carboxylic acids is 1. The van der Waals surface area contributed by atoms with Crippen molar-refractivity contribution in [3.05, 3.63) is 63.6 Å². The molecule has 1 N–H and O–H groups in total. The van der Waals surface area contributed by atoms with Gasteiger partial charge in [0.15, 0.2) is 0 Å². The van der Waals surface area contributed by atoms with Crippen LogP contribution in [0.25, 0.3) is 0 Å². The van der Waals surface area contributed by atoms with Crippen molar-refractivity contribution in [2.45, 2.75) is 25.3 Å². The van der Waals surface area contributed by atoms with Crippen molar-refractivity contribution in [3.8, 4) is 0 Å². The largest absolute Gasteiger partial charge is 0.348 e. The van der Waals surface area contributed by atoms with Crippen molar-refractivity contribution in [1.82, 2.24) is 5.32 Å². The molecule has 3 rings (SSSR count). The molecule has 2 aromatic rings. The van der Waals surface area contributed by atoms with Crippen LogP contribution in [0.2, 0.25) is 10.0 Å². The van der Waals surface area contributed by atoms with Crippen LogP contribution in [-0.4, -0.2) is 27.1 Å². The van der Waals surface area contributed by atoms with Gasteiger partial charge < -0.3 is 5.32 Å². The van der Waals surface area contributed by atoms with Crippen molar-refractivity contribution in [3.63, 3.8) is 0 Å². The number of fused-ring (bicyclic) bond motifs is 1. The summed E-state index contributed by atoms with van der Waals surface area (Å²) in [6.07, 6.45) is 3.85. The fourth-order valence-electron chi connectivity index (χ4n) is 3.31. The molecule has 0 heterocycles. The van der Waals surface area contributed by atoms with Gasteiger partial charge in [0, 0.05) is 0 Å². The molecular formula is C19H20Cl2N2O3S. The Morgan fingerprint density at radius 3 is 2.63 bits per heavy atom. The molecule has 8 heteroatoms. The number of carbonyl (C=O) groups is 1. The van der Waals surface area contributed by atoms with E-state index in [9.17, 15) is 13.2 Å². The van der Waals surface area contributed by atoms with E-state index in [2.05, 4.69) is 11.4 Å². The smallest absolute Gasteiger partial charge is 0.241 e. The number of rotatable bonds is 5. The zero-order valence-electron chi connectivity index (χ0n) is 14.8. The van der Waals surface area contributed by atoms with Crippen LogP contribution in [0.15, 0.2) is 42.5 Å². The van der Waals surface area contributed by atoms with Crippen molar-refractivity contribution in [2.24, 2.45) is 0 Å². The Hall–Kier alpha value is -1.76. The average Bonchev–Trinajstić information content (AvgIpc) is 2.61. The molecule has 0 saturated heterocycles. The van der Waals surface area contributed by atoms with Gasteiger partial charge in [-0.05, 0) is 48.6 Å². The van der Waals surface area contributed by atoms with E-state index in [1.165, 1.54) is 23.8 Å². The molecule has 0 saturated carbocycles. The van der Waals surface area contributed by atoms with E-state index in [-0.39, 0.29) is 23.5 Å². The zero-order chi connectivity index (χ0) is 19.6. The van der Waals surface area contributed by atoms with Gasteiger partial charge in [0.1, 0.15) is 6.54 Å². The van der Waals surface area contributed by atoms with Gasteiger partial charge in [-0.25, -0.2) is 8.42 Å². The summed E-state index contributed by atoms with van der Waals surface area (Å²) in [6.45, 7) is -0.324. The van der Waals surface area contributed by atoms with Crippen LogP contribution in [0.1, 0.15) is 30.0 Å². The molecule has 0 bridgehead atoms. The molecule has 5 nitrogen and oxygen atoms in total. The number of aryl methyl sites for hydroxylation is 1. The summed E-state index contributed by atoms with van der Waals surface area (Å²) in [6, 6.07) is 12.4. The lowest BCUT2D eigenvalue weighted by atomic mass is 9.88. The molecule has 1 aliphatic rings. The quantitative estimate of drug-likeness (QED) is 0.786. The minimum Gasteiger partial charge on any atom is -0.348 e. The molecule has 0 unspecified atom stereocenters. The van der Waals surface area contributed by atoms with E-state index in [1.54, 1.807) is 0 Å². The summed E-state index contributed by atoms with van der Waals surface area (Å²) >= 11 is 11.9. The van der Waals surface area contributed by atoms with Crippen LogP contribution >= 0.6 is 23.2 Å². The third-order valence-corrected chi connectivity index (χ3v) is 6.46. The Morgan fingerprint density at radius 2 is 1.93 bits per heavy atom. The van der Waals surface area contributed by atoms with Gasteiger partial charge in [-0.2, -0.15) is 0 Å². The van der Waals surface area contributed by atoms with Gasteiger partial charge in [-0.3, -0.25) is 9.10 Å². The summed E-state index contributed by atoms with van der Waals surface area (Å²) < 4.78 is 25.5. The summed E-state index contributed by atoms with van der Waals surface area (Å²) in [5.74, 6) is -0.367. The number of sulfonamides is 1. The Labute approximate surface area is 169 Å². The van der Waals surface area contributed by atoms with E-state index < -0.39 is 10.0 Å². The molecular weight excluding hydrogens is 407 g/mol. The second-order valence-corrected chi connectivity index (χ2v) is 9.30. The first-order valence-electron chi connectivity index (χ1n) is 8.55. The summed E-state index contributed by atoms with van der Waals surface area (Å²) in [7, 11) is -3.67. The maximum atomic E-state index is 12.6. The van der Waals surface area contributed by atoms with Crippen LogP contribution in [-0.2, 0) is 21.2 Å². The predicted molar refractivity (Wildman–Crippen MR) is 109 cm³/mol. The number of hydrogen-bond donors (Lipinski definition) is 1. The summed E-state index contributed by atoms with van der Waals surface area (Å²) in [4.78, 5) is 12.6. The van der Waals surface area contributed by atoms with Gasteiger partial charge >= 0.3 is 0 Å². The van der Waals surface area contributed by atoms with Crippen LogP contribution < -0.4 is 9.62 Å². The first-order valence-corrected chi connectivity index (χ1v) is 11.2. The van der Waals surface area contributed by atoms with E-state index >= 15 is 0 Å². The van der Waals surface area contributed by atoms with Crippen LogP contribution in [0.5, 0.6) is 0 Å². The third kappa shape index (κ3) is 4.75. The number of amides is 1. The van der Waals surface area contributed by atoms with Crippen molar-refractivity contribution < 1.29 is 13.2 Å². The van der Waals surface area contributed by atoms with Crippen molar-refractivity contribution in [2.75, 3.05) is 17.1 Å². The Kier molecular flexibility index (Phi) is 5.99. The minimum absolute atomic E-state index is 0.113. The SMILES string of the molecule is CS(=O)(=O)N(CC(=O)N[C@@H]1CCCc2ccccc21)c1ccc(Cl)c(Cl)c1. The molecule has 1 atom stereocenters. The number of hydrogen-bond acceptors (Lipinski definition) is 3. The highest BCUT2D eigenvalue weighted by atomic mass is 35.5. The van der Waals surface area contributed by atoms with Crippen LogP contribution in [0, 0.1) is 0 Å². The molecule has 0 aliphatic heterocycles. The number of nitrogens with zero attached hydrogens (tertiary/aromatic N) is 1. The number of benzene rings is 2. The van der Waals surface area contributed by atoms with Crippen molar-refractivity contribution >= 4 is 44.8 Å². The van der Waals surface area contributed by atoms with E-state index in [1.807, 2.05) is 18.2 Å². The van der Waals surface area contributed by atoms with Gasteiger partial charge in [-0.1, -0.05) is 47.5 Å². The normalized spacial score (nSPS) is 16.5. The first kappa shape index (κ1) is 20.0. The lowest BCUT2D eigenvalue weighted by Gasteiger charge is -2.28. The Morgan fingerprint density at radius 1 is 1.19 bits per heavy atom. The van der Waals surface area contributed by atoms with Crippen molar-refractivity contribution in [1.29, 1.82) is 0 Å². The molecule has 0 aromatic heterocycles. The first-order chi connectivity index (χ1) is 12.8. The number of nitrogens with one attached hydrogen (secondary N) is 1. The van der Waals surface area contributed by atoms with Gasteiger partial charge in [0.25, 0.3) is 0 Å². The fraction of sp³-hybridized carbons (Fsp3) is 0.316. The van der Waals surface area contributed by atoms with Crippen LogP contribution in [0.3, 0.4) is 0 Å². The maximum Gasteiger partial charge on any atom is 0.241 e.